The molecule has 0 N–H and O–H groups in total. The van der Waals surface area contributed by atoms with Crippen molar-refractivity contribution in [3.05, 3.63) is 65.5 Å². The Kier molecular flexibility index (Phi) is 2.00. The molecule has 78 valence electrons. The van der Waals surface area contributed by atoms with E-state index in [4.69, 9.17) is 0 Å². The second-order valence-corrected chi connectivity index (χ2v) is 3.92. The van der Waals surface area contributed by atoms with Gasteiger partial charge in [0.2, 0.25) is 0 Å². The van der Waals surface area contributed by atoms with Gasteiger partial charge in [-0.15, -0.1) is 0 Å². The highest BCUT2D eigenvalue weighted by Gasteiger charge is 2.16. The van der Waals surface area contributed by atoms with Crippen molar-refractivity contribution in [1.29, 1.82) is 0 Å². The minimum Gasteiger partial charge on any atom is -0.281 e. The smallest absolute Gasteiger partial charge is 0.255 e. The highest BCUT2D eigenvalue weighted by Crippen LogP contribution is 2.19. The molecule has 0 aliphatic carbocycles. The molecule has 0 amide bonds. The zero-order valence-corrected chi connectivity index (χ0v) is 8.76. The Hall–Kier alpha value is -2.09. The van der Waals surface area contributed by atoms with Crippen molar-refractivity contribution in [2.75, 3.05) is 0 Å². The number of nitrogens with zero attached hydrogens (tertiary/aromatic N) is 1. The molecular formula is C14H11NO. The third-order valence-corrected chi connectivity index (χ3v) is 2.84. The zero-order chi connectivity index (χ0) is 11.0. The molecule has 0 unspecified atom stereocenters. The fraction of sp³-hybridized carbons (Fsp3) is 0.0714. The monoisotopic (exact) mass is 209 g/mol. The second-order valence-electron chi connectivity index (χ2n) is 3.92. The number of rotatable bonds is 2. The van der Waals surface area contributed by atoms with Gasteiger partial charge in [-0.2, -0.15) is 0 Å². The summed E-state index contributed by atoms with van der Waals surface area (Å²) in [5.41, 5.74) is 3.26. The summed E-state index contributed by atoms with van der Waals surface area (Å²) >= 11 is 0. The number of hydrogen-bond donors (Lipinski definition) is 0. The summed E-state index contributed by atoms with van der Waals surface area (Å²) in [4.78, 5) is 11.6. The predicted molar refractivity (Wildman–Crippen MR) is 63.3 cm³/mol. The molecule has 0 bridgehead atoms. The quantitative estimate of drug-likeness (QED) is 0.745. The van der Waals surface area contributed by atoms with E-state index in [2.05, 4.69) is 12.1 Å². The van der Waals surface area contributed by atoms with E-state index in [1.807, 2.05) is 36.4 Å². The molecule has 1 aliphatic rings. The van der Waals surface area contributed by atoms with E-state index < -0.39 is 0 Å². The van der Waals surface area contributed by atoms with Gasteiger partial charge in [0.15, 0.2) is 0 Å². The van der Waals surface area contributed by atoms with Gasteiger partial charge in [-0.25, -0.2) is 0 Å². The summed E-state index contributed by atoms with van der Waals surface area (Å²) in [7, 11) is 0. The van der Waals surface area contributed by atoms with Crippen molar-refractivity contribution in [3.8, 4) is 0 Å². The van der Waals surface area contributed by atoms with Crippen molar-refractivity contribution in [2.24, 2.45) is 0 Å². The highest BCUT2D eigenvalue weighted by atomic mass is 16.2. The van der Waals surface area contributed by atoms with Crippen molar-refractivity contribution in [3.63, 3.8) is 0 Å². The van der Waals surface area contributed by atoms with Crippen LogP contribution >= 0.6 is 0 Å². The normalized spacial score (nSPS) is 13.1. The van der Waals surface area contributed by atoms with E-state index in [-0.39, 0.29) is 5.91 Å². The third kappa shape index (κ3) is 1.39. The first kappa shape index (κ1) is 9.16. The van der Waals surface area contributed by atoms with Gasteiger partial charge in [0, 0.05) is 23.9 Å². The predicted octanol–water partition coefficient (Wildman–Crippen LogP) is 2.75. The third-order valence-electron chi connectivity index (χ3n) is 2.84. The van der Waals surface area contributed by atoms with Crippen LogP contribution in [0.2, 0.25) is 0 Å². The molecule has 0 saturated carbocycles. The number of carbonyl (C=O) groups is 1. The fourth-order valence-electron chi connectivity index (χ4n) is 2.07. The van der Waals surface area contributed by atoms with Crippen LogP contribution in [0.25, 0.3) is 6.08 Å². The van der Waals surface area contributed by atoms with Crippen LogP contribution in [0, 0.1) is 0 Å². The van der Waals surface area contributed by atoms with E-state index >= 15 is 0 Å². The lowest BCUT2D eigenvalue weighted by atomic mass is 10.1. The average molecular weight is 209 g/mol. The van der Waals surface area contributed by atoms with Gasteiger partial charge in [-0.1, -0.05) is 30.3 Å². The lowest BCUT2D eigenvalue weighted by molar-refractivity contribution is 0.0972. The van der Waals surface area contributed by atoms with Gasteiger partial charge in [-0.05, 0) is 23.8 Å². The van der Waals surface area contributed by atoms with Crippen LogP contribution < -0.4 is 0 Å². The first-order valence-electron chi connectivity index (χ1n) is 5.31. The van der Waals surface area contributed by atoms with Gasteiger partial charge in [0.25, 0.3) is 5.91 Å². The number of hydrogen-bond acceptors (Lipinski definition) is 1. The Bertz CT molecular complexity index is 564. The Morgan fingerprint density at radius 1 is 0.938 bits per heavy atom. The largest absolute Gasteiger partial charge is 0.281 e. The summed E-state index contributed by atoms with van der Waals surface area (Å²) < 4.78 is 1.77. The molecule has 0 saturated heterocycles. The van der Waals surface area contributed by atoms with Gasteiger partial charge in [0.1, 0.15) is 0 Å². The zero-order valence-electron chi connectivity index (χ0n) is 8.76. The molecule has 2 nitrogen and oxygen atoms in total. The molecule has 16 heavy (non-hydrogen) atoms. The molecule has 1 aromatic heterocycles. The molecule has 2 heteroatoms. The second kappa shape index (κ2) is 3.49. The molecule has 2 heterocycles. The van der Waals surface area contributed by atoms with Gasteiger partial charge in [0.05, 0.1) is 0 Å². The number of carbonyl (C=O) groups excluding carboxylic acids is 1. The van der Waals surface area contributed by atoms with Crippen LogP contribution in [-0.2, 0) is 6.42 Å². The maximum Gasteiger partial charge on any atom is 0.255 e. The standard InChI is InChI=1S/C14H11NO/c16-14-9-8-12-6-7-13(15(12)14)10-11-4-2-1-3-5-11/h1-9H,10H2. The topological polar surface area (TPSA) is 22.0 Å². The van der Waals surface area contributed by atoms with Crippen molar-refractivity contribution < 1.29 is 4.79 Å². The van der Waals surface area contributed by atoms with Crippen LogP contribution in [0.3, 0.4) is 0 Å². The SMILES string of the molecule is O=C1C=Cc2ccc(Cc3ccccc3)n21. The summed E-state index contributed by atoms with van der Waals surface area (Å²) in [6.07, 6.45) is 4.27. The fourth-order valence-corrected chi connectivity index (χ4v) is 2.07. The first-order valence-corrected chi connectivity index (χ1v) is 5.31. The summed E-state index contributed by atoms with van der Waals surface area (Å²) in [6, 6.07) is 14.2. The van der Waals surface area contributed by atoms with Crippen molar-refractivity contribution in [2.45, 2.75) is 6.42 Å². The minimum atomic E-state index is 0.0610. The van der Waals surface area contributed by atoms with E-state index in [9.17, 15) is 4.79 Å². The van der Waals surface area contributed by atoms with Gasteiger partial charge >= 0.3 is 0 Å². The molecule has 1 aliphatic heterocycles. The van der Waals surface area contributed by atoms with Crippen molar-refractivity contribution in [1.82, 2.24) is 4.57 Å². The highest BCUT2D eigenvalue weighted by molar-refractivity contribution is 5.99. The number of benzene rings is 1. The lowest BCUT2D eigenvalue weighted by Gasteiger charge is -2.04. The Morgan fingerprint density at radius 2 is 1.75 bits per heavy atom. The summed E-state index contributed by atoms with van der Waals surface area (Å²) in [6.45, 7) is 0. The van der Waals surface area contributed by atoms with E-state index in [0.29, 0.717) is 0 Å². The van der Waals surface area contributed by atoms with Crippen molar-refractivity contribution >= 4 is 12.0 Å². The Labute approximate surface area is 93.8 Å². The van der Waals surface area contributed by atoms with E-state index in [1.54, 1.807) is 10.6 Å². The van der Waals surface area contributed by atoms with Crippen LogP contribution in [0.15, 0.2) is 48.5 Å². The molecule has 1 aromatic carbocycles. The molecule has 0 atom stereocenters. The first-order chi connectivity index (χ1) is 7.84. The van der Waals surface area contributed by atoms with E-state index in [0.717, 1.165) is 17.8 Å². The number of fused-ring (bicyclic) bond motifs is 1. The summed E-state index contributed by atoms with van der Waals surface area (Å²) in [5.74, 6) is 0.0610. The lowest BCUT2D eigenvalue weighted by Crippen LogP contribution is -2.08. The van der Waals surface area contributed by atoms with Gasteiger partial charge < -0.3 is 0 Å². The molecule has 0 radical (unpaired) electrons. The maximum atomic E-state index is 11.6. The van der Waals surface area contributed by atoms with Crippen LogP contribution in [-0.4, -0.2) is 10.5 Å². The number of allylic oxidation sites excluding steroid dienone is 1. The summed E-state index contributed by atoms with van der Waals surface area (Å²) in [5, 5.41) is 0. The number of aromatic nitrogens is 1. The molecule has 2 aromatic rings. The maximum absolute atomic E-state index is 11.6. The Balaban J connectivity index is 1.96. The van der Waals surface area contributed by atoms with Crippen LogP contribution in [0.1, 0.15) is 21.7 Å². The Morgan fingerprint density at radius 3 is 2.56 bits per heavy atom. The van der Waals surface area contributed by atoms with E-state index in [1.165, 1.54) is 5.56 Å². The van der Waals surface area contributed by atoms with Crippen LogP contribution in [0.4, 0.5) is 0 Å². The molecular weight excluding hydrogens is 198 g/mol. The average Bonchev–Trinajstić information content (AvgIpc) is 2.86. The molecule has 3 rings (SSSR count). The van der Waals surface area contributed by atoms with Gasteiger partial charge in [-0.3, -0.25) is 9.36 Å². The minimum absolute atomic E-state index is 0.0610. The van der Waals surface area contributed by atoms with Crippen LogP contribution in [0.5, 0.6) is 0 Å². The molecule has 0 fully saturated rings. The molecule has 0 spiro atoms.